The van der Waals surface area contributed by atoms with Gasteiger partial charge in [-0.25, -0.2) is 0 Å². The Hall–Kier alpha value is -3.19. The maximum absolute atomic E-state index is 13.0. The van der Waals surface area contributed by atoms with Crippen LogP contribution < -0.4 is 5.32 Å². The lowest BCUT2D eigenvalue weighted by Gasteiger charge is -2.10. The van der Waals surface area contributed by atoms with Gasteiger partial charge in [0.15, 0.2) is 0 Å². The molecular weight excluding hydrogens is 454 g/mol. The molecule has 2 aromatic heterocycles. The molecule has 1 amide bonds. The van der Waals surface area contributed by atoms with E-state index in [2.05, 4.69) is 50.5 Å². The van der Waals surface area contributed by atoms with Crippen LogP contribution >= 0.6 is 15.9 Å². The average Bonchev–Trinajstić information content (AvgIpc) is 3.27. The van der Waals surface area contributed by atoms with E-state index in [0.717, 1.165) is 27.1 Å². The molecule has 2 aromatic carbocycles. The summed E-state index contributed by atoms with van der Waals surface area (Å²) in [7, 11) is 0. The Balaban J connectivity index is 1.52. The van der Waals surface area contributed by atoms with Crippen molar-refractivity contribution in [3.63, 3.8) is 0 Å². The van der Waals surface area contributed by atoms with Crippen molar-refractivity contribution in [2.45, 2.75) is 33.9 Å². The zero-order valence-electron chi connectivity index (χ0n) is 17.8. The molecule has 0 saturated carbocycles. The molecule has 158 valence electrons. The Kier molecular flexibility index (Phi) is 6.04. The number of halogens is 1. The molecule has 0 fully saturated rings. The topological polar surface area (TPSA) is 64.7 Å². The number of carbonyl (C=O) groups is 1. The van der Waals surface area contributed by atoms with E-state index >= 15 is 0 Å². The smallest absolute Gasteiger partial charge is 0.255 e. The molecule has 2 heterocycles. The van der Waals surface area contributed by atoms with Gasteiger partial charge in [0, 0.05) is 11.8 Å². The highest BCUT2D eigenvalue weighted by atomic mass is 79.9. The second kappa shape index (κ2) is 8.89. The Morgan fingerprint density at radius 1 is 1.06 bits per heavy atom. The number of aryl methyl sites for hydroxylation is 2. The summed E-state index contributed by atoms with van der Waals surface area (Å²) >= 11 is 3.41. The Bertz CT molecular complexity index is 1240. The fourth-order valence-corrected chi connectivity index (χ4v) is 3.92. The molecule has 7 heteroatoms. The standard InChI is InChI=1S/C24H24BrN5O/c1-16-7-4-5-9-21(16)14-30-18(3)23(17(2)28-30)27-24(31)20-10-6-8-19(11-20)13-29-15-22(25)12-26-29/h4-12,15H,13-14H2,1-3H3,(H,27,31). The summed E-state index contributed by atoms with van der Waals surface area (Å²) in [5.74, 6) is -0.148. The third-order valence-corrected chi connectivity index (χ3v) is 5.75. The van der Waals surface area contributed by atoms with Gasteiger partial charge in [0.1, 0.15) is 0 Å². The van der Waals surface area contributed by atoms with E-state index < -0.39 is 0 Å². The fourth-order valence-electron chi connectivity index (χ4n) is 3.59. The largest absolute Gasteiger partial charge is 0.319 e. The van der Waals surface area contributed by atoms with Crippen molar-refractivity contribution >= 4 is 27.5 Å². The molecule has 4 rings (SSSR count). The summed E-state index contributed by atoms with van der Waals surface area (Å²) in [4.78, 5) is 13.0. The molecule has 0 aliphatic heterocycles. The molecule has 0 aliphatic rings. The molecule has 0 bridgehead atoms. The van der Waals surface area contributed by atoms with Crippen molar-refractivity contribution < 1.29 is 4.79 Å². The number of rotatable bonds is 6. The lowest BCUT2D eigenvalue weighted by atomic mass is 10.1. The Labute approximate surface area is 190 Å². The molecule has 0 unspecified atom stereocenters. The lowest BCUT2D eigenvalue weighted by Crippen LogP contribution is -2.14. The second-order valence-corrected chi connectivity index (χ2v) is 8.56. The number of benzene rings is 2. The molecular formula is C24H24BrN5O. The zero-order valence-corrected chi connectivity index (χ0v) is 19.3. The molecule has 6 nitrogen and oxygen atoms in total. The van der Waals surface area contributed by atoms with Crippen molar-refractivity contribution in [2.24, 2.45) is 0 Å². The van der Waals surface area contributed by atoms with E-state index in [1.54, 1.807) is 6.20 Å². The average molecular weight is 478 g/mol. The van der Waals surface area contributed by atoms with Gasteiger partial charge in [-0.05, 0) is 65.5 Å². The number of nitrogens with zero attached hydrogens (tertiary/aromatic N) is 4. The van der Waals surface area contributed by atoms with Crippen molar-refractivity contribution in [1.82, 2.24) is 19.6 Å². The van der Waals surface area contributed by atoms with Crippen molar-refractivity contribution in [1.29, 1.82) is 0 Å². The monoisotopic (exact) mass is 477 g/mol. The lowest BCUT2D eigenvalue weighted by molar-refractivity contribution is 0.102. The van der Waals surface area contributed by atoms with Crippen LogP contribution in [0.15, 0.2) is 65.4 Å². The second-order valence-electron chi connectivity index (χ2n) is 7.64. The summed E-state index contributed by atoms with van der Waals surface area (Å²) in [5, 5.41) is 12.0. The third kappa shape index (κ3) is 4.77. The van der Waals surface area contributed by atoms with Crippen LogP contribution in [0.25, 0.3) is 0 Å². The molecule has 0 spiro atoms. The van der Waals surface area contributed by atoms with Gasteiger partial charge in [0.05, 0.1) is 40.8 Å². The minimum Gasteiger partial charge on any atom is -0.319 e. The summed E-state index contributed by atoms with van der Waals surface area (Å²) in [6, 6.07) is 15.9. The first-order valence-electron chi connectivity index (χ1n) is 10.1. The van der Waals surface area contributed by atoms with E-state index in [9.17, 15) is 4.79 Å². The minimum atomic E-state index is -0.148. The number of hydrogen-bond acceptors (Lipinski definition) is 3. The normalized spacial score (nSPS) is 11.0. The van der Waals surface area contributed by atoms with Crippen LogP contribution in [0.1, 0.15) is 38.4 Å². The van der Waals surface area contributed by atoms with Crippen LogP contribution in [0, 0.1) is 20.8 Å². The predicted octanol–water partition coefficient (Wildman–Crippen LogP) is 5.12. The van der Waals surface area contributed by atoms with E-state index in [1.807, 2.05) is 65.8 Å². The highest BCUT2D eigenvalue weighted by Gasteiger charge is 2.16. The SMILES string of the molecule is Cc1ccccc1Cn1nc(C)c(NC(=O)c2cccc(Cn3cc(Br)cn3)c2)c1C. The molecule has 0 radical (unpaired) electrons. The molecule has 0 aliphatic carbocycles. The van der Waals surface area contributed by atoms with Gasteiger partial charge in [0.25, 0.3) is 5.91 Å². The number of aromatic nitrogens is 4. The van der Waals surface area contributed by atoms with Gasteiger partial charge in [-0.1, -0.05) is 36.4 Å². The maximum Gasteiger partial charge on any atom is 0.255 e. The molecule has 0 atom stereocenters. The van der Waals surface area contributed by atoms with E-state index in [1.165, 1.54) is 11.1 Å². The first-order valence-corrected chi connectivity index (χ1v) is 10.9. The number of nitrogens with one attached hydrogen (secondary N) is 1. The number of amides is 1. The van der Waals surface area contributed by atoms with Gasteiger partial charge in [-0.3, -0.25) is 14.2 Å². The summed E-state index contributed by atoms with van der Waals surface area (Å²) < 4.78 is 4.69. The van der Waals surface area contributed by atoms with Gasteiger partial charge in [-0.2, -0.15) is 10.2 Å². The van der Waals surface area contributed by atoms with Crippen molar-refractivity contribution in [3.8, 4) is 0 Å². The third-order valence-electron chi connectivity index (χ3n) is 5.34. The van der Waals surface area contributed by atoms with Crippen LogP contribution in [-0.2, 0) is 13.1 Å². The van der Waals surface area contributed by atoms with Crippen LogP contribution in [0.4, 0.5) is 5.69 Å². The van der Waals surface area contributed by atoms with Crippen molar-refractivity contribution in [2.75, 3.05) is 5.32 Å². The number of carbonyl (C=O) groups excluding carboxylic acids is 1. The van der Waals surface area contributed by atoms with Crippen LogP contribution in [0.2, 0.25) is 0 Å². The van der Waals surface area contributed by atoms with Crippen LogP contribution in [0.3, 0.4) is 0 Å². The highest BCUT2D eigenvalue weighted by molar-refractivity contribution is 9.10. The van der Waals surface area contributed by atoms with E-state index in [4.69, 9.17) is 0 Å². The maximum atomic E-state index is 13.0. The highest BCUT2D eigenvalue weighted by Crippen LogP contribution is 2.22. The van der Waals surface area contributed by atoms with E-state index in [-0.39, 0.29) is 5.91 Å². The molecule has 1 N–H and O–H groups in total. The molecule has 31 heavy (non-hydrogen) atoms. The number of anilines is 1. The molecule has 4 aromatic rings. The zero-order chi connectivity index (χ0) is 22.0. The van der Waals surface area contributed by atoms with E-state index in [0.29, 0.717) is 18.7 Å². The van der Waals surface area contributed by atoms with Gasteiger partial charge >= 0.3 is 0 Å². The van der Waals surface area contributed by atoms with Gasteiger partial charge in [0.2, 0.25) is 0 Å². The van der Waals surface area contributed by atoms with Crippen molar-refractivity contribution in [3.05, 3.63) is 99.0 Å². The Morgan fingerprint density at radius 3 is 2.61 bits per heavy atom. The minimum absolute atomic E-state index is 0.148. The summed E-state index contributed by atoms with van der Waals surface area (Å²) in [5.41, 5.74) is 6.55. The summed E-state index contributed by atoms with van der Waals surface area (Å²) in [6.45, 7) is 7.27. The number of hydrogen-bond donors (Lipinski definition) is 1. The van der Waals surface area contributed by atoms with Gasteiger partial charge in [-0.15, -0.1) is 0 Å². The fraction of sp³-hybridized carbons (Fsp3) is 0.208. The van der Waals surface area contributed by atoms with Crippen LogP contribution in [-0.4, -0.2) is 25.5 Å². The van der Waals surface area contributed by atoms with Gasteiger partial charge < -0.3 is 5.32 Å². The van der Waals surface area contributed by atoms with Crippen LogP contribution in [0.5, 0.6) is 0 Å². The first kappa shape index (κ1) is 21.1. The quantitative estimate of drug-likeness (QED) is 0.419. The first-order chi connectivity index (χ1) is 14.9. The summed E-state index contributed by atoms with van der Waals surface area (Å²) in [6.07, 6.45) is 3.65. The Morgan fingerprint density at radius 2 is 1.87 bits per heavy atom. The molecule has 0 saturated heterocycles. The predicted molar refractivity (Wildman–Crippen MR) is 125 cm³/mol.